The van der Waals surface area contributed by atoms with Gasteiger partial charge in [0, 0.05) is 31.1 Å². The van der Waals surface area contributed by atoms with Crippen molar-refractivity contribution in [3.8, 4) is 5.75 Å². The van der Waals surface area contributed by atoms with Crippen LogP contribution in [-0.4, -0.2) is 30.4 Å². The lowest BCUT2D eigenvalue weighted by Gasteiger charge is -2.35. The van der Waals surface area contributed by atoms with E-state index in [1.165, 1.54) is 0 Å². The molecular weight excluding hydrogens is 414 g/mol. The van der Waals surface area contributed by atoms with Gasteiger partial charge in [-0.25, -0.2) is 0 Å². The van der Waals surface area contributed by atoms with Gasteiger partial charge < -0.3 is 20.7 Å². The van der Waals surface area contributed by atoms with Gasteiger partial charge in [0.1, 0.15) is 12.4 Å². The molecule has 180 valence electrons. The fourth-order valence-electron chi connectivity index (χ4n) is 3.59. The number of rotatable bonds is 14. The van der Waals surface area contributed by atoms with Crippen molar-refractivity contribution in [1.29, 1.82) is 0 Å². The second-order valence-electron chi connectivity index (χ2n) is 9.32. The average Bonchev–Trinajstić information content (AvgIpc) is 2.79. The SMILES string of the molecule is CCCCN(CC(C)(C)NC(=O)CCC(C)C(N)=O)c1ccc(OCc2ccccc2)cc1. The van der Waals surface area contributed by atoms with E-state index in [1.54, 1.807) is 6.92 Å². The quantitative estimate of drug-likeness (QED) is 0.435. The van der Waals surface area contributed by atoms with Crippen molar-refractivity contribution in [3.63, 3.8) is 0 Å². The van der Waals surface area contributed by atoms with Crippen LogP contribution in [-0.2, 0) is 16.2 Å². The summed E-state index contributed by atoms with van der Waals surface area (Å²) in [5, 5.41) is 3.12. The van der Waals surface area contributed by atoms with Crippen LogP contribution in [0, 0.1) is 5.92 Å². The molecule has 1 unspecified atom stereocenters. The van der Waals surface area contributed by atoms with Crippen LogP contribution >= 0.6 is 0 Å². The van der Waals surface area contributed by atoms with E-state index in [9.17, 15) is 9.59 Å². The molecule has 3 N–H and O–H groups in total. The maximum Gasteiger partial charge on any atom is 0.220 e. The van der Waals surface area contributed by atoms with E-state index in [4.69, 9.17) is 10.5 Å². The smallest absolute Gasteiger partial charge is 0.220 e. The molecule has 0 saturated carbocycles. The molecule has 0 fully saturated rings. The summed E-state index contributed by atoms with van der Waals surface area (Å²) in [5.74, 6) is 0.0916. The van der Waals surface area contributed by atoms with Crippen molar-refractivity contribution in [2.75, 3.05) is 18.0 Å². The number of carbonyl (C=O) groups is 2. The Morgan fingerprint density at radius 1 is 1.09 bits per heavy atom. The predicted molar refractivity (Wildman–Crippen MR) is 134 cm³/mol. The highest BCUT2D eigenvalue weighted by Crippen LogP contribution is 2.23. The van der Waals surface area contributed by atoms with Gasteiger partial charge in [-0.15, -0.1) is 0 Å². The molecular formula is C27H39N3O3. The molecule has 0 aliphatic heterocycles. The zero-order valence-corrected chi connectivity index (χ0v) is 20.5. The van der Waals surface area contributed by atoms with E-state index in [1.807, 2.05) is 56.3 Å². The Bertz CT molecular complexity index is 866. The zero-order chi connectivity index (χ0) is 24.3. The number of nitrogens with one attached hydrogen (secondary N) is 1. The molecule has 2 amide bonds. The third-order valence-electron chi connectivity index (χ3n) is 5.59. The first kappa shape index (κ1) is 26.2. The molecule has 6 nitrogen and oxygen atoms in total. The topological polar surface area (TPSA) is 84.7 Å². The summed E-state index contributed by atoms with van der Waals surface area (Å²) >= 11 is 0. The Labute approximate surface area is 198 Å². The van der Waals surface area contributed by atoms with Crippen molar-refractivity contribution in [1.82, 2.24) is 5.32 Å². The van der Waals surface area contributed by atoms with Crippen molar-refractivity contribution in [3.05, 3.63) is 60.2 Å². The number of hydrogen-bond donors (Lipinski definition) is 2. The summed E-state index contributed by atoms with van der Waals surface area (Å²) in [5.41, 5.74) is 7.10. The van der Waals surface area contributed by atoms with Crippen LogP contribution in [0.5, 0.6) is 5.75 Å². The standard InChI is InChI=1S/C27H39N3O3/c1-5-6-18-30(20-27(3,4)29-25(31)17-12-21(2)26(28)32)23-13-15-24(16-14-23)33-19-22-10-8-7-9-11-22/h7-11,13-16,21H,5-6,12,17-20H2,1-4H3,(H2,28,32)(H,29,31). The number of carbonyl (C=O) groups excluding carboxylic acids is 2. The van der Waals surface area contributed by atoms with Crippen LogP contribution < -0.4 is 20.7 Å². The predicted octanol–water partition coefficient (Wildman–Crippen LogP) is 4.67. The van der Waals surface area contributed by atoms with Crippen LogP contribution in [0.1, 0.15) is 58.9 Å². The van der Waals surface area contributed by atoms with E-state index in [0.29, 0.717) is 19.6 Å². The van der Waals surface area contributed by atoms with Crippen LogP contribution in [0.2, 0.25) is 0 Å². The number of primary amides is 1. The molecule has 0 bridgehead atoms. The fourth-order valence-corrected chi connectivity index (χ4v) is 3.59. The maximum absolute atomic E-state index is 12.5. The van der Waals surface area contributed by atoms with E-state index in [-0.39, 0.29) is 24.2 Å². The van der Waals surface area contributed by atoms with Crippen LogP contribution in [0.25, 0.3) is 0 Å². The Kier molecular flexibility index (Phi) is 10.2. The van der Waals surface area contributed by atoms with Crippen LogP contribution in [0.4, 0.5) is 5.69 Å². The van der Waals surface area contributed by atoms with Gasteiger partial charge in [0.05, 0.1) is 5.54 Å². The number of amides is 2. The molecule has 0 aliphatic rings. The van der Waals surface area contributed by atoms with Gasteiger partial charge in [0.25, 0.3) is 0 Å². The molecule has 1 atom stereocenters. The number of unbranched alkanes of at least 4 members (excludes halogenated alkanes) is 1. The number of ether oxygens (including phenoxy) is 1. The molecule has 33 heavy (non-hydrogen) atoms. The molecule has 2 aromatic carbocycles. The van der Waals surface area contributed by atoms with Gasteiger partial charge in [-0.1, -0.05) is 50.6 Å². The van der Waals surface area contributed by atoms with Crippen LogP contribution in [0.3, 0.4) is 0 Å². The zero-order valence-electron chi connectivity index (χ0n) is 20.5. The van der Waals surface area contributed by atoms with Crippen molar-refractivity contribution in [2.45, 2.75) is 65.5 Å². The minimum atomic E-state index is -0.427. The maximum atomic E-state index is 12.5. The monoisotopic (exact) mass is 453 g/mol. The lowest BCUT2D eigenvalue weighted by Crippen LogP contribution is -2.52. The number of hydrogen-bond acceptors (Lipinski definition) is 4. The summed E-state index contributed by atoms with van der Waals surface area (Å²) in [4.78, 5) is 26.0. The van der Waals surface area contributed by atoms with Crippen molar-refractivity contribution >= 4 is 17.5 Å². The van der Waals surface area contributed by atoms with Crippen molar-refractivity contribution in [2.24, 2.45) is 11.7 Å². The summed E-state index contributed by atoms with van der Waals surface area (Å²) in [7, 11) is 0. The third-order valence-corrected chi connectivity index (χ3v) is 5.59. The first-order chi connectivity index (χ1) is 15.7. The summed E-state index contributed by atoms with van der Waals surface area (Å²) in [6.45, 7) is 10.1. The Hall–Kier alpha value is -3.02. The Morgan fingerprint density at radius 3 is 2.36 bits per heavy atom. The number of benzene rings is 2. The lowest BCUT2D eigenvalue weighted by molar-refractivity contribution is -0.124. The molecule has 0 aromatic heterocycles. The van der Waals surface area contributed by atoms with Crippen molar-refractivity contribution < 1.29 is 14.3 Å². The second kappa shape index (κ2) is 12.9. The average molecular weight is 454 g/mol. The van der Waals surface area contributed by atoms with Crippen LogP contribution in [0.15, 0.2) is 54.6 Å². The van der Waals surface area contributed by atoms with Gasteiger partial charge in [0.2, 0.25) is 11.8 Å². The third kappa shape index (κ3) is 9.56. The number of nitrogens with zero attached hydrogens (tertiary/aromatic N) is 1. The highest BCUT2D eigenvalue weighted by atomic mass is 16.5. The van der Waals surface area contributed by atoms with Gasteiger partial charge in [-0.3, -0.25) is 9.59 Å². The largest absolute Gasteiger partial charge is 0.489 e. The summed E-state index contributed by atoms with van der Waals surface area (Å²) < 4.78 is 5.92. The molecule has 2 aromatic rings. The van der Waals surface area contributed by atoms with Gasteiger partial charge in [0.15, 0.2) is 0 Å². The van der Waals surface area contributed by atoms with E-state index in [0.717, 1.165) is 36.4 Å². The summed E-state index contributed by atoms with van der Waals surface area (Å²) in [6.07, 6.45) is 2.90. The molecule has 0 aliphatic carbocycles. The first-order valence-electron chi connectivity index (χ1n) is 11.8. The highest BCUT2D eigenvalue weighted by Gasteiger charge is 2.24. The number of anilines is 1. The number of nitrogens with two attached hydrogens (primary N) is 1. The Morgan fingerprint density at radius 2 is 1.76 bits per heavy atom. The van der Waals surface area contributed by atoms with Gasteiger partial charge >= 0.3 is 0 Å². The molecule has 0 radical (unpaired) electrons. The highest BCUT2D eigenvalue weighted by molar-refractivity contribution is 5.79. The van der Waals surface area contributed by atoms with E-state index >= 15 is 0 Å². The Balaban J connectivity index is 1.97. The normalized spacial score (nSPS) is 12.1. The molecule has 0 saturated heterocycles. The molecule has 0 spiro atoms. The molecule has 0 heterocycles. The molecule has 2 rings (SSSR count). The minimum absolute atomic E-state index is 0.0619. The summed E-state index contributed by atoms with van der Waals surface area (Å²) in [6, 6.07) is 18.2. The van der Waals surface area contributed by atoms with E-state index in [2.05, 4.69) is 29.3 Å². The fraction of sp³-hybridized carbons (Fsp3) is 0.481. The van der Waals surface area contributed by atoms with Gasteiger partial charge in [-0.05, 0) is 56.5 Å². The first-order valence-corrected chi connectivity index (χ1v) is 11.8. The lowest BCUT2D eigenvalue weighted by atomic mass is 10.0. The van der Waals surface area contributed by atoms with Gasteiger partial charge in [-0.2, -0.15) is 0 Å². The molecule has 6 heteroatoms. The van der Waals surface area contributed by atoms with E-state index < -0.39 is 5.54 Å². The second-order valence-corrected chi connectivity index (χ2v) is 9.32. The minimum Gasteiger partial charge on any atom is -0.489 e.